The number of hydrogen-bond acceptors (Lipinski definition) is 3. The fraction of sp³-hybridized carbons (Fsp3) is 0.455. The average Bonchev–Trinajstić information content (AvgIpc) is 2.67. The molecule has 0 saturated heterocycles. The Kier molecular flexibility index (Phi) is 2.91. The van der Waals surface area contributed by atoms with Gasteiger partial charge in [0.25, 0.3) is 0 Å². The lowest BCUT2D eigenvalue weighted by atomic mass is 10.1. The van der Waals surface area contributed by atoms with Crippen LogP contribution in [-0.2, 0) is 6.42 Å². The smallest absolute Gasteiger partial charge is 0.0873 e. The summed E-state index contributed by atoms with van der Waals surface area (Å²) in [4.78, 5) is 1.53. The first-order valence-corrected chi connectivity index (χ1v) is 6.59. The maximum Gasteiger partial charge on any atom is 0.0873 e. The highest BCUT2D eigenvalue weighted by Crippen LogP contribution is 2.37. The van der Waals surface area contributed by atoms with Crippen molar-refractivity contribution in [1.82, 2.24) is 0 Å². The van der Waals surface area contributed by atoms with Crippen LogP contribution in [0.2, 0.25) is 0 Å². The van der Waals surface area contributed by atoms with Crippen molar-refractivity contribution in [1.29, 1.82) is 0 Å². The Balaban J connectivity index is 2.42. The number of hydrogen-bond donors (Lipinski definition) is 1. The van der Waals surface area contributed by atoms with Crippen molar-refractivity contribution in [3.05, 3.63) is 21.4 Å². The van der Waals surface area contributed by atoms with Gasteiger partial charge in [0, 0.05) is 10.3 Å². The lowest BCUT2D eigenvalue weighted by Crippen LogP contribution is -1.99. The monoisotopic (exact) mass is 225 g/mol. The lowest BCUT2D eigenvalue weighted by Gasteiger charge is -1.97. The first kappa shape index (κ1) is 10.1. The topological polar surface area (TPSA) is 26.0 Å². The molecule has 0 atom stereocenters. The van der Waals surface area contributed by atoms with Gasteiger partial charge in [-0.1, -0.05) is 0 Å². The average molecular weight is 225 g/mol. The van der Waals surface area contributed by atoms with Gasteiger partial charge in [-0.3, -0.25) is 0 Å². The minimum Gasteiger partial charge on any atom is -0.330 e. The summed E-state index contributed by atoms with van der Waals surface area (Å²) < 4.78 is 1.48. The minimum absolute atomic E-state index is 0.796. The van der Waals surface area contributed by atoms with E-state index >= 15 is 0 Å². The number of thiophene rings is 2. The van der Waals surface area contributed by atoms with Gasteiger partial charge in [-0.25, -0.2) is 0 Å². The SMILES string of the molecule is Cc1csc2sc(CCCN)c(C)c12. The van der Waals surface area contributed by atoms with E-state index in [0.717, 1.165) is 19.4 Å². The minimum atomic E-state index is 0.796. The molecule has 0 radical (unpaired) electrons. The largest absolute Gasteiger partial charge is 0.330 e. The number of nitrogens with two attached hydrogens (primary N) is 1. The molecular formula is C11H15NS2. The van der Waals surface area contributed by atoms with E-state index in [0.29, 0.717) is 0 Å². The second kappa shape index (κ2) is 4.01. The van der Waals surface area contributed by atoms with Crippen LogP contribution in [0.5, 0.6) is 0 Å². The molecule has 0 fully saturated rings. The molecule has 0 aliphatic rings. The Morgan fingerprint density at radius 2 is 2.14 bits per heavy atom. The summed E-state index contributed by atoms with van der Waals surface area (Å²) in [5.41, 5.74) is 8.45. The molecule has 0 aromatic carbocycles. The Bertz CT molecular complexity index is 439. The van der Waals surface area contributed by atoms with Gasteiger partial charge in [-0.05, 0) is 49.7 Å². The van der Waals surface area contributed by atoms with Crippen molar-refractivity contribution in [3.63, 3.8) is 0 Å². The molecule has 14 heavy (non-hydrogen) atoms. The zero-order chi connectivity index (χ0) is 10.1. The molecule has 2 aromatic heterocycles. The Morgan fingerprint density at radius 3 is 2.79 bits per heavy atom. The van der Waals surface area contributed by atoms with Gasteiger partial charge in [-0.2, -0.15) is 0 Å². The summed E-state index contributed by atoms with van der Waals surface area (Å²) in [6, 6.07) is 0. The van der Waals surface area contributed by atoms with E-state index in [9.17, 15) is 0 Å². The molecule has 0 aliphatic carbocycles. The van der Waals surface area contributed by atoms with Gasteiger partial charge in [0.05, 0.1) is 4.01 Å². The van der Waals surface area contributed by atoms with Gasteiger partial charge >= 0.3 is 0 Å². The third kappa shape index (κ3) is 1.60. The van der Waals surface area contributed by atoms with E-state index in [2.05, 4.69) is 19.2 Å². The molecule has 3 heteroatoms. The van der Waals surface area contributed by atoms with E-state index in [1.54, 1.807) is 0 Å². The molecule has 2 aromatic rings. The predicted octanol–water partition coefficient (Wildman–Crippen LogP) is 3.47. The molecule has 0 aliphatic heterocycles. The maximum absolute atomic E-state index is 5.53. The molecule has 2 heterocycles. The van der Waals surface area contributed by atoms with Gasteiger partial charge < -0.3 is 5.73 Å². The van der Waals surface area contributed by atoms with Crippen LogP contribution in [0.15, 0.2) is 5.38 Å². The summed E-state index contributed by atoms with van der Waals surface area (Å²) in [7, 11) is 0. The number of rotatable bonds is 3. The van der Waals surface area contributed by atoms with Gasteiger partial charge in [-0.15, -0.1) is 22.7 Å². The second-order valence-corrected chi connectivity index (χ2v) is 5.87. The van der Waals surface area contributed by atoms with Crippen LogP contribution in [0.1, 0.15) is 22.4 Å². The van der Waals surface area contributed by atoms with Crippen molar-refractivity contribution in [2.45, 2.75) is 26.7 Å². The predicted molar refractivity (Wildman–Crippen MR) is 66.6 cm³/mol. The molecule has 0 bridgehead atoms. The van der Waals surface area contributed by atoms with Crippen molar-refractivity contribution in [2.75, 3.05) is 6.54 Å². The molecule has 2 rings (SSSR count). The summed E-state index contributed by atoms with van der Waals surface area (Å²) in [6.07, 6.45) is 2.25. The third-order valence-electron chi connectivity index (χ3n) is 2.56. The molecule has 0 spiro atoms. The van der Waals surface area contributed by atoms with Crippen molar-refractivity contribution < 1.29 is 0 Å². The Hall–Kier alpha value is -0.380. The molecule has 2 N–H and O–H groups in total. The summed E-state index contributed by atoms with van der Waals surface area (Å²) in [6.45, 7) is 5.24. The van der Waals surface area contributed by atoms with Crippen LogP contribution in [0.4, 0.5) is 0 Å². The highest BCUT2D eigenvalue weighted by molar-refractivity contribution is 7.37. The Labute approximate surface area is 92.6 Å². The van der Waals surface area contributed by atoms with E-state index in [1.165, 1.54) is 25.4 Å². The Morgan fingerprint density at radius 1 is 1.36 bits per heavy atom. The van der Waals surface area contributed by atoms with Crippen LogP contribution in [-0.4, -0.2) is 6.54 Å². The third-order valence-corrected chi connectivity index (χ3v) is 5.13. The molecule has 0 saturated carbocycles. The van der Waals surface area contributed by atoms with E-state index < -0.39 is 0 Å². The van der Waals surface area contributed by atoms with Crippen molar-refractivity contribution in [3.8, 4) is 0 Å². The van der Waals surface area contributed by atoms with Crippen LogP contribution in [0, 0.1) is 13.8 Å². The van der Waals surface area contributed by atoms with Crippen LogP contribution < -0.4 is 5.73 Å². The number of aryl methyl sites for hydroxylation is 3. The molecule has 0 unspecified atom stereocenters. The van der Waals surface area contributed by atoms with E-state index in [4.69, 9.17) is 5.73 Å². The molecule has 0 amide bonds. The summed E-state index contributed by atoms with van der Waals surface area (Å²) in [5, 5.41) is 3.74. The van der Waals surface area contributed by atoms with E-state index in [-0.39, 0.29) is 0 Å². The maximum atomic E-state index is 5.53. The van der Waals surface area contributed by atoms with Crippen LogP contribution in [0.25, 0.3) is 9.40 Å². The fourth-order valence-corrected chi connectivity index (χ4v) is 4.39. The second-order valence-electron chi connectivity index (χ2n) is 3.62. The quantitative estimate of drug-likeness (QED) is 0.850. The normalized spacial score (nSPS) is 11.4. The zero-order valence-corrected chi connectivity index (χ0v) is 10.2. The summed E-state index contributed by atoms with van der Waals surface area (Å²) >= 11 is 3.82. The highest BCUT2D eigenvalue weighted by Gasteiger charge is 2.11. The fourth-order valence-electron chi connectivity index (χ4n) is 1.77. The van der Waals surface area contributed by atoms with Crippen molar-refractivity contribution >= 4 is 32.1 Å². The van der Waals surface area contributed by atoms with Crippen molar-refractivity contribution in [2.24, 2.45) is 5.73 Å². The molecule has 1 nitrogen and oxygen atoms in total. The van der Waals surface area contributed by atoms with Crippen LogP contribution in [0.3, 0.4) is 0 Å². The van der Waals surface area contributed by atoms with E-state index in [1.807, 2.05) is 22.7 Å². The lowest BCUT2D eigenvalue weighted by molar-refractivity contribution is 0.840. The van der Waals surface area contributed by atoms with Gasteiger partial charge in [0.15, 0.2) is 0 Å². The standard InChI is InChI=1S/C11H15NS2/c1-7-6-13-11-10(7)8(2)9(14-11)4-3-5-12/h6H,3-5,12H2,1-2H3. The molecule has 76 valence electrons. The molecular weight excluding hydrogens is 210 g/mol. The first-order valence-electron chi connectivity index (χ1n) is 4.90. The van der Waals surface area contributed by atoms with Crippen LogP contribution >= 0.6 is 22.7 Å². The summed E-state index contributed by atoms with van der Waals surface area (Å²) in [5.74, 6) is 0. The zero-order valence-electron chi connectivity index (χ0n) is 8.59. The first-order chi connectivity index (χ1) is 6.74. The number of fused-ring (bicyclic) bond motifs is 1. The van der Waals surface area contributed by atoms with Gasteiger partial charge in [0.1, 0.15) is 0 Å². The highest BCUT2D eigenvalue weighted by atomic mass is 32.2. The van der Waals surface area contributed by atoms with Gasteiger partial charge in [0.2, 0.25) is 0 Å².